The van der Waals surface area contributed by atoms with Crippen LogP contribution in [0.5, 0.6) is 0 Å². The first-order valence-corrected chi connectivity index (χ1v) is 20.4. The second kappa shape index (κ2) is 18.0. The summed E-state index contributed by atoms with van der Waals surface area (Å²) in [5, 5.41) is 11.0. The van der Waals surface area contributed by atoms with Crippen molar-refractivity contribution in [2.75, 3.05) is 11.1 Å². The molecule has 21 heteroatoms. The van der Waals surface area contributed by atoms with Gasteiger partial charge in [-0.05, 0) is 115 Å². The summed E-state index contributed by atoms with van der Waals surface area (Å²) < 4.78 is 111. The Morgan fingerprint density at radius 3 is 1.31 bits per heavy atom. The van der Waals surface area contributed by atoms with Gasteiger partial charge in [0.25, 0.3) is 5.91 Å². The van der Waals surface area contributed by atoms with E-state index in [0.717, 1.165) is 17.0 Å². The van der Waals surface area contributed by atoms with E-state index in [9.17, 15) is 45.5 Å². The Balaban J connectivity index is 0.000000183. The number of carboxylic acids is 1. The van der Waals surface area contributed by atoms with Gasteiger partial charge >= 0.3 is 43.8 Å². The number of rotatable bonds is 5. The van der Waals surface area contributed by atoms with Crippen LogP contribution in [0.15, 0.2) is 115 Å². The Morgan fingerprint density at radius 2 is 0.925 bits per heavy atom. The number of halogens is 6. The molecule has 2 fully saturated rings. The molecule has 0 radical (unpaired) electrons. The van der Waals surface area contributed by atoms with Gasteiger partial charge in [-0.2, -0.15) is 26.3 Å². The topological polar surface area (TPSA) is 190 Å². The lowest BCUT2D eigenvalue weighted by atomic mass is 9.79. The Bertz CT molecular complexity index is 2920. The van der Waals surface area contributed by atoms with E-state index in [1.54, 1.807) is 48.5 Å². The number of benzene rings is 4. The summed E-state index contributed by atoms with van der Waals surface area (Å²) in [4.78, 5) is 45.9. The van der Waals surface area contributed by atoms with E-state index in [0.29, 0.717) is 17.7 Å². The van der Waals surface area contributed by atoms with Crippen LogP contribution < -0.4 is 33.2 Å². The average molecular weight is 936 g/mol. The highest BCUT2D eigenvalue weighted by atomic mass is 19.4. The fourth-order valence-electron chi connectivity index (χ4n) is 6.62. The van der Waals surface area contributed by atoms with E-state index in [4.69, 9.17) is 33.9 Å². The third-order valence-corrected chi connectivity index (χ3v) is 11.8. The van der Waals surface area contributed by atoms with Crippen LogP contribution in [0.2, 0.25) is 0 Å². The lowest BCUT2D eigenvalue weighted by Crippen LogP contribution is -2.41. The molecule has 4 heterocycles. The molecule has 0 atom stereocenters. The van der Waals surface area contributed by atoms with Crippen molar-refractivity contribution in [3.8, 4) is 0 Å². The number of carbonyl (C=O) groups excluding carboxylic acids is 1. The zero-order valence-corrected chi connectivity index (χ0v) is 37.3. The lowest BCUT2D eigenvalue weighted by Gasteiger charge is -2.32. The van der Waals surface area contributed by atoms with E-state index >= 15 is 0 Å². The standard InChI is InChI=1S/C23H21BF3NO5.C13H17BO4.C10H6F3NO2/c1-21(2)22(3,4)33-24(32-21)14-7-5-13(6-8-14)20(30)28-15-9-10-16-17(23(25,26)27)12-19(29)31-18(16)11-15;1-12(2)13(3,4)18-14(17-12)10-7-5-9(6-8-10)11(15)16;11-10(12,13)7-4-9(15)16-8-3-5(14)1-2-6(7)8/h5-12H,1-4H3,(H,28,30);5-8H,1-4H3,(H,15,16);1-4H,14H2. The Labute approximate surface area is 379 Å². The third kappa shape index (κ3) is 11.1. The largest absolute Gasteiger partial charge is 0.494 e. The molecule has 13 nitrogen and oxygen atoms in total. The smallest absolute Gasteiger partial charge is 0.478 e. The van der Waals surface area contributed by atoms with E-state index < -0.39 is 72.0 Å². The molecule has 0 spiro atoms. The van der Waals surface area contributed by atoms with Crippen molar-refractivity contribution in [2.24, 2.45) is 0 Å². The van der Waals surface area contributed by atoms with Crippen LogP contribution in [-0.2, 0) is 31.0 Å². The molecular formula is C46H44B2F6N2O11. The maximum Gasteiger partial charge on any atom is 0.494 e. The van der Waals surface area contributed by atoms with Crippen molar-refractivity contribution < 1.29 is 68.5 Å². The second-order valence-electron chi connectivity index (χ2n) is 17.6. The van der Waals surface area contributed by atoms with E-state index in [-0.39, 0.29) is 50.1 Å². The molecule has 67 heavy (non-hydrogen) atoms. The van der Waals surface area contributed by atoms with Crippen LogP contribution in [0.1, 0.15) is 87.2 Å². The number of hydrogen-bond donors (Lipinski definition) is 3. The minimum absolute atomic E-state index is 0.167. The van der Waals surface area contributed by atoms with Gasteiger partial charge in [0.1, 0.15) is 11.2 Å². The zero-order valence-electron chi connectivity index (χ0n) is 37.3. The Kier molecular flexibility index (Phi) is 13.4. The molecule has 352 valence electrons. The van der Waals surface area contributed by atoms with Crippen LogP contribution >= 0.6 is 0 Å². The number of nitrogens with one attached hydrogen (secondary N) is 1. The molecular weight excluding hydrogens is 892 g/mol. The molecule has 4 aromatic carbocycles. The highest BCUT2D eigenvalue weighted by Gasteiger charge is 2.52. The SMILES string of the molecule is CC1(C)OB(c2ccc(C(=O)Nc3ccc4c(C(F)(F)F)cc(=O)oc4c3)cc2)OC1(C)C.CC1(C)OB(c2ccc(C(=O)O)cc2)OC1(C)C.Nc1ccc2c(C(F)(F)F)cc(=O)oc2c1. The third-order valence-electron chi connectivity index (χ3n) is 11.8. The maximum atomic E-state index is 13.2. The van der Waals surface area contributed by atoms with E-state index in [2.05, 4.69) is 9.73 Å². The van der Waals surface area contributed by atoms with Crippen molar-refractivity contribution in [1.82, 2.24) is 0 Å². The highest BCUT2D eigenvalue weighted by molar-refractivity contribution is 6.62. The molecule has 6 aromatic rings. The fraction of sp³-hybridized carbons (Fsp3) is 0.304. The molecule has 2 saturated heterocycles. The molecule has 2 aliphatic heterocycles. The lowest BCUT2D eigenvalue weighted by molar-refractivity contribution is -0.137. The van der Waals surface area contributed by atoms with Gasteiger partial charge in [0, 0.05) is 52.0 Å². The number of nitrogen functional groups attached to an aromatic ring is 1. The fourth-order valence-corrected chi connectivity index (χ4v) is 6.62. The van der Waals surface area contributed by atoms with Gasteiger partial charge in [0.2, 0.25) is 0 Å². The predicted molar refractivity (Wildman–Crippen MR) is 239 cm³/mol. The van der Waals surface area contributed by atoms with Crippen molar-refractivity contribution >= 4 is 70.4 Å². The van der Waals surface area contributed by atoms with Crippen molar-refractivity contribution in [2.45, 2.75) is 90.1 Å². The van der Waals surface area contributed by atoms with Gasteiger partial charge < -0.3 is 43.6 Å². The Hall–Kier alpha value is -6.41. The van der Waals surface area contributed by atoms with Gasteiger partial charge in [-0.3, -0.25) is 4.79 Å². The van der Waals surface area contributed by atoms with E-state index in [1.165, 1.54) is 30.3 Å². The number of aromatic carboxylic acids is 1. The first-order chi connectivity index (χ1) is 30.9. The molecule has 1 amide bonds. The van der Waals surface area contributed by atoms with Crippen LogP contribution in [0.4, 0.5) is 37.7 Å². The number of fused-ring (bicyclic) bond motifs is 2. The Morgan fingerprint density at radius 1 is 0.552 bits per heavy atom. The molecule has 0 bridgehead atoms. The number of hydrogen-bond acceptors (Lipinski definition) is 11. The summed E-state index contributed by atoms with van der Waals surface area (Å²) in [6, 6.07) is 21.4. The van der Waals surface area contributed by atoms with Crippen molar-refractivity contribution in [3.63, 3.8) is 0 Å². The molecule has 0 unspecified atom stereocenters. The molecule has 4 N–H and O–H groups in total. The van der Waals surface area contributed by atoms with Gasteiger partial charge in [0.05, 0.1) is 39.1 Å². The summed E-state index contributed by atoms with van der Waals surface area (Å²) in [5.41, 5.74) is 1.48. The van der Waals surface area contributed by atoms with Gasteiger partial charge in [-0.1, -0.05) is 24.3 Å². The van der Waals surface area contributed by atoms with Crippen molar-refractivity contribution in [3.05, 3.63) is 140 Å². The van der Waals surface area contributed by atoms with Crippen LogP contribution in [0.25, 0.3) is 21.9 Å². The number of nitrogens with two attached hydrogens (primary N) is 1. The van der Waals surface area contributed by atoms with Gasteiger partial charge in [0.15, 0.2) is 0 Å². The second-order valence-corrected chi connectivity index (χ2v) is 17.6. The molecule has 0 aliphatic carbocycles. The highest BCUT2D eigenvalue weighted by Crippen LogP contribution is 2.39. The van der Waals surface area contributed by atoms with Crippen LogP contribution in [0.3, 0.4) is 0 Å². The maximum absolute atomic E-state index is 13.2. The summed E-state index contributed by atoms with van der Waals surface area (Å²) in [5.74, 6) is -1.42. The van der Waals surface area contributed by atoms with Gasteiger partial charge in [-0.15, -0.1) is 0 Å². The van der Waals surface area contributed by atoms with E-state index in [1.807, 2.05) is 55.4 Å². The quantitative estimate of drug-likeness (QED) is 0.0649. The predicted octanol–water partition coefficient (Wildman–Crippen LogP) is 8.44. The number of anilines is 2. The first-order valence-electron chi connectivity index (χ1n) is 20.4. The van der Waals surface area contributed by atoms with Crippen LogP contribution in [-0.4, -0.2) is 53.6 Å². The number of alkyl halides is 6. The number of carbonyl (C=O) groups is 2. The minimum atomic E-state index is -4.71. The summed E-state index contributed by atoms with van der Waals surface area (Å²) in [6.45, 7) is 15.7. The van der Waals surface area contributed by atoms with Gasteiger partial charge in [-0.25, -0.2) is 14.4 Å². The molecule has 0 saturated carbocycles. The molecule has 2 aliphatic rings. The summed E-state index contributed by atoms with van der Waals surface area (Å²) >= 11 is 0. The zero-order chi connectivity index (χ0) is 49.7. The average Bonchev–Trinajstić information content (AvgIpc) is 3.58. The van der Waals surface area contributed by atoms with Crippen molar-refractivity contribution in [1.29, 1.82) is 0 Å². The molecule has 8 rings (SSSR count). The first kappa shape index (κ1) is 50.0. The summed E-state index contributed by atoms with van der Waals surface area (Å²) in [7, 11) is -1.02. The summed E-state index contributed by atoms with van der Waals surface area (Å²) in [6.07, 6.45) is -9.30. The molecule has 2 aromatic heterocycles. The minimum Gasteiger partial charge on any atom is -0.478 e. The number of carboxylic acid groups (broad SMARTS) is 1. The normalized spacial score (nSPS) is 17.0. The monoisotopic (exact) mass is 936 g/mol. The number of amides is 1. The van der Waals surface area contributed by atoms with Crippen LogP contribution in [0, 0.1) is 0 Å².